The summed E-state index contributed by atoms with van der Waals surface area (Å²) in [5.41, 5.74) is 0. The van der Waals surface area contributed by atoms with E-state index in [4.69, 9.17) is 14.2 Å². The minimum absolute atomic E-state index is 0.0911. The molecule has 0 aliphatic carbocycles. The van der Waals surface area contributed by atoms with Crippen molar-refractivity contribution in [3.63, 3.8) is 0 Å². The van der Waals surface area contributed by atoms with Crippen LogP contribution in [0.4, 0.5) is 0 Å². The summed E-state index contributed by atoms with van der Waals surface area (Å²) < 4.78 is 16.8. The molecule has 0 saturated heterocycles. The normalized spacial score (nSPS) is 12.4. The van der Waals surface area contributed by atoms with Gasteiger partial charge in [0.15, 0.2) is 6.10 Å². The first-order chi connectivity index (χ1) is 30.5. The van der Waals surface area contributed by atoms with Crippen LogP contribution < -0.4 is 0 Å². The molecule has 0 radical (unpaired) electrons. The van der Waals surface area contributed by atoms with Gasteiger partial charge < -0.3 is 14.2 Å². The Kier molecular flexibility index (Phi) is 48.8. The third-order valence-corrected chi connectivity index (χ3v) is 11.6. The molecule has 0 rings (SSSR count). The summed E-state index contributed by atoms with van der Waals surface area (Å²) in [5.74, 6) is -0.930. The number of allylic oxidation sites excluding steroid dienone is 8. The second-order valence-corrected chi connectivity index (χ2v) is 17.8. The lowest BCUT2D eigenvalue weighted by Gasteiger charge is -2.18. The summed E-state index contributed by atoms with van der Waals surface area (Å²) in [6.45, 7) is 6.59. The predicted molar refractivity (Wildman–Crippen MR) is 265 cm³/mol. The Hall–Kier alpha value is -2.63. The molecule has 360 valence electrons. The van der Waals surface area contributed by atoms with Crippen LogP contribution in [0.15, 0.2) is 48.6 Å². The first-order valence-corrected chi connectivity index (χ1v) is 26.7. The fraction of sp³-hybridized carbons (Fsp3) is 0.804. The zero-order chi connectivity index (χ0) is 45.1. The maximum atomic E-state index is 12.8. The summed E-state index contributed by atoms with van der Waals surface area (Å²) >= 11 is 0. The number of esters is 3. The number of carbonyl (C=O) groups is 3. The van der Waals surface area contributed by atoms with Gasteiger partial charge in [-0.25, -0.2) is 0 Å². The smallest absolute Gasteiger partial charge is 0.306 e. The van der Waals surface area contributed by atoms with Gasteiger partial charge in [-0.15, -0.1) is 0 Å². The molecule has 1 unspecified atom stereocenters. The first kappa shape index (κ1) is 59.4. The number of hydrogen-bond donors (Lipinski definition) is 0. The zero-order valence-electron chi connectivity index (χ0n) is 41.1. The lowest BCUT2D eigenvalue weighted by atomic mass is 10.1. The fourth-order valence-electron chi connectivity index (χ4n) is 7.48. The van der Waals surface area contributed by atoms with Crippen molar-refractivity contribution in [3.05, 3.63) is 48.6 Å². The van der Waals surface area contributed by atoms with E-state index < -0.39 is 6.10 Å². The number of rotatable bonds is 48. The van der Waals surface area contributed by atoms with Crippen LogP contribution >= 0.6 is 0 Å². The van der Waals surface area contributed by atoms with Gasteiger partial charge in [-0.2, -0.15) is 0 Å². The van der Waals surface area contributed by atoms with Gasteiger partial charge in [-0.1, -0.05) is 204 Å². The second kappa shape index (κ2) is 51.0. The molecule has 0 fully saturated rings. The first-order valence-electron chi connectivity index (χ1n) is 26.7. The summed E-state index contributed by atoms with van der Waals surface area (Å²) in [6, 6.07) is 0. The van der Waals surface area contributed by atoms with Crippen LogP contribution in [0.3, 0.4) is 0 Å². The average Bonchev–Trinajstić information content (AvgIpc) is 3.27. The van der Waals surface area contributed by atoms with Crippen molar-refractivity contribution in [3.8, 4) is 0 Å². The van der Waals surface area contributed by atoms with Crippen LogP contribution in [0.25, 0.3) is 0 Å². The SMILES string of the molecule is CCCCCCCC/C=C\CCCCCC(=O)OCC(COC(=O)CCCCCCC/C=C\C=C/CCCCCCCCC)OC(=O)CCCCC/C=C\CCCCCCCC. The molecular weight excluding hydrogens is 769 g/mol. The molecule has 0 spiro atoms. The summed E-state index contributed by atoms with van der Waals surface area (Å²) in [4.78, 5) is 38.0. The predicted octanol–water partition coefficient (Wildman–Crippen LogP) is 17.5. The van der Waals surface area contributed by atoms with Crippen LogP contribution in [0.5, 0.6) is 0 Å². The van der Waals surface area contributed by atoms with Crippen LogP contribution in [0, 0.1) is 0 Å². The Morgan fingerprint density at radius 3 is 0.919 bits per heavy atom. The van der Waals surface area contributed by atoms with Gasteiger partial charge in [0, 0.05) is 19.3 Å². The number of hydrogen-bond acceptors (Lipinski definition) is 6. The van der Waals surface area contributed by atoms with E-state index in [9.17, 15) is 14.4 Å². The molecular formula is C56H100O6. The molecule has 0 heterocycles. The summed E-state index contributed by atoms with van der Waals surface area (Å²) in [6.07, 6.45) is 61.0. The average molecular weight is 869 g/mol. The fourth-order valence-corrected chi connectivity index (χ4v) is 7.48. The van der Waals surface area contributed by atoms with Gasteiger partial charge in [-0.3, -0.25) is 14.4 Å². The van der Waals surface area contributed by atoms with Gasteiger partial charge >= 0.3 is 17.9 Å². The van der Waals surface area contributed by atoms with Crippen molar-refractivity contribution >= 4 is 17.9 Å². The van der Waals surface area contributed by atoms with Gasteiger partial charge in [0.2, 0.25) is 0 Å². The lowest BCUT2D eigenvalue weighted by Crippen LogP contribution is -2.30. The van der Waals surface area contributed by atoms with Crippen LogP contribution in [-0.4, -0.2) is 37.2 Å². The Morgan fingerprint density at radius 1 is 0.323 bits per heavy atom. The Balaban J connectivity index is 4.41. The lowest BCUT2D eigenvalue weighted by molar-refractivity contribution is -0.167. The van der Waals surface area contributed by atoms with Gasteiger partial charge in [-0.05, 0) is 96.3 Å². The van der Waals surface area contributed by atoms with Crippen molar-refractivity contribution in [1.29, 1.82) is 0 Å². The monoisotopic (exact) mass is 869 g/mol. The Bertz CT molecular complexity index is 1090. The number of unbranched alkanes of at least 4 members (excludes halogenated alkanes) is 30. The molecule has 62 heavy (non-hydrogen) atoms. The van der Waals surface area contributed by atoms with Gasteiger partial charge in [0.05, 0.1) is 0 Å². The zero-order valence-corrected chi connectivity index (χ0v) is 41.1. The Labute approximate surface area is 384 Å². The highest BCUT2D eigenvalue weighted by Gasteiger charge is 2.19. The molecule has 0 aromatic heterocycles. The maximum absolute atomic E-state index is 12.8. The van der Waals surface area contributed by atoms with Gasteiger partial charge in [0.1, 0.15) is 13.2 Å². The molecule has 0 aliphatic heterocycles. The van der Waals surface area contributed by atoms with Crippen molar-refractivity contribution < 1.29 is 28.6 Å². The molecule has 6 nitrogen and oxygen atoms in total. The van der Waals surface area contributed by atoms with Crippen LogP contribution in [0.1, 0.15) is 271 Å². The van der Waals surface area contributed by atoms with E-state index >= 15 is 0 Å². The summed E-state index contributed by atoms with van der Waals surface area (Å²) in [5, 5.41) is 0. The largest absolute Gasteiger partial charge is 0.462 e. The molecule has 6 heteroatoms. The van der Waals surface area contributed by atoms with Crippen molar-refractivity contribution in [2.24, 2.45) is 0 Å². The van der Waals surface area contributed by atoms with E-state index in [-0.39, 0.29) is 31.1 Å². The van der Waals surface area contributed by atoms with E-state index in [1.165, 1.54) is 128 Å². The van der Waals surface area contributed by atoms with E-state index in [0.717, 1.165) is 103 Å². The van der Waals surface area contributed by atoms with Crippen LogP contribution in [-0.2, 0) is 28.6 Å². The van der Waals surface area contributed by atoms with Crippen molar-refractivity contribution in [2.75, 3.05) is 13.2 Å². The quantitative estimate of drug-likeness (QED) is 0.0199. The maximum Gasteiger partial charge on any atom is 0.306 e. The van der Waals surface area contributed by atoms with Crippen molar-refractivity contribution in [1.82, 2.24) is 0 Å². The second-order valence-electron chi connectivity index (χ2n) is 17.8. The minimum Gasteiger partial charge on any atom is -0.462 e. The van der Waals surface area contributed by atoms with E-state index in [0.29, 0.717) is 19.3 Å². The molecule has 0 N–H and O–H groups in total. The summed E-state index contributed by atoms with van der Waals surface area (Å²) in [7, 11) is 0. The molecule has 0 aromatic carbocycles. The standard InChI is InChI=1S/C56H100O6/c1-4-7-10-13-16-19-22-25-26-27-28-29-32-34-37-40-43-46-49-55(58)61-52-53(62-56(59)50-47-44-41-38-35-31-24-21-18-15-12-9-6-3)51-60-54(57)48-45-42-39-36-33-30-23-20-17-14-11-8-5-2/h26-31,33,35,53H,4-25,32,34,36-52H2,1-3H3/b27-26-,29-28-,33-30-,35-31-. The van der Waals surface area contributed by atoms with Gasteiger partial charge in [0.25, 0.3) is 0 Å². The van der Waals surface area contributed by atoms with Crippen molar-refractivity contribution in [2.45, 2.75) is 277 Å². The molecule has 0 amide bonds. The van der Waals surface area contributed by atoms with E-state index in [1.54, 1.807) is 0 Å². The third-order valence-electron chi connectivity index (χ3n) is 11.6. The highest BCUT2D eigenvalue weighted by molar-refractivity contribution is 5.71. The molecule has 0 aromatic rings. The third kappa shape index (κ3) is 48.4. The Morgan fingerprint density at radius 2 is 0.581 bits per heavy atom. The highest BCUT2D eigenvalue weighted by atomic mass is 16.6. The topological polar surface area (TPSA) is 78.9 Å². The van der Waals surface area contributed by atoms with E-state index in [1.807, 2.05) is 0 Å². The highest BCUT2D eigenvalue weighted by Crippen LogP contribution is 2.14. The van der Waals surface area contributed by atoms with Crippen LogP contribution in [0.2, 0.25) is 0 Å². The molecule has 1 atom stereocenters. The van der Waals surface area contributed by atoms with E-state index in [2.05, 4.69) is 69.4 Å². The molecule has 0 saturated carbocycles. The number of ether oxygens (including phenoxy) is 3. The number of carbonyl (C=O) groups excluding carboxylic acids is 3. The molecule has 0 aliphatic rings. The molecule has 0 bridgehead atoms. The minimum atomic E-state index is -0.791.